The first kappa shape index (κ1) is 31.8. The van der Waals surface area contributed by atoms with E-state index in [1.807, 2.05) is 42.8 Å². The van der Waals surface area contributed by atoms with Gasteiger partial charge in [0.05, 0.1) is 18.2 Å². The molecule has 0 unspecified atom stereocenters. The Morgan fingerprint density at radius 3 is 2.58 bits per heavy atom. The van der Waals surface area contributed by atoms with Crippen LogP contribution in [0.1, 0.15) is 71.1 Å². The quantitative estimate of drug-likeness (QED) is 0.192. The second-order valence-corrected chi connectivity index (χ2v) is 13.5. The number of nitrogens with one attached hydrogen (secondary N) is 1. The molecule has 2 aliphatic heterocycles. The van der Waals surface area contributed by atoms with Gasteiger partial charge in [0, 0.05) is 44.2 Å². The summed E-state index contributed by atoms with van der Waals surface area (Å²) < 4.78 is 45.5. The average molecular weight is 655 g/mol. The molecular formula is C36H37F3N8O. The van der Waals surface area contributed by atoms with Crippen LogP contribution in [0.2, 0.25) is 0 Å². The van der Waals surface area contributed by atoms with Crippen molar-refractivity contribution in [3.05, 3.63) is 76.6 Å². The van der Waals surface area contributed by atoms with E-state index < -0.39 is 17.6 Å². The molecule has 2 fully saturated rings. The van der Waals surface area contributed by atoms with Gasteiger partial charge in [-0.1, -0.05) is 30.2 Å². The number of anilines is 2. The molecule has 48 heavy (non-hydrogen) atoms. The van der Waals surface area contributed by atoms with Crippen LogP contribution in [-0.4, -0.2) is 50.2 Å². The van der Waals surface area contributed by atoms with E-state index >= 15 is 0 Å². The van der Waals surface area contributed by atoms with Crippen molar-refractivity contribution in [1.82, 2.24) is 24.6 Å². The maximum Gasteiger partial charge on any atom is 0.416 e. The van der Waals surface area contributed by atoms with Crippen LogP contribution in [0.5, 0.6) is 0 Å². The fraction of sp³-hybridized carbons (Fsp3) is 0.417. The lowest BCUT2D eigenvalue weighted by Gasteiger charge is -2.38. The smallest absolute Gasteiger partial charge is 0.370 e. The number of aryl methyl sites for hydroxylation is 2. The standard InChI is InChI=1S/C36H37F3N8O/c1-23-6-7-26(33-44-42-22-45(33)2)27(14-23)25-17-31(41-12-4-3-11-40)43-32(18-25)47-20-29-28(34(47)48)15-24(16-30(29)36(37,38)39)19-46-13-10-35(21-46)8-5-9-35/h6-7,14-18,22H,3-5,8-10,12-13,19-21H2,1-2H3,(H,41,43). The lowest BCUT2D eigenvalue weighted by Crippen LogP contribution is -2.33. The molecule has 9 nitrogen and oxygen atoms in total. The maximum absolute atomic E-state index is 14.6. The highest BCUT2D eigenvalue weighted by atomic mass is 19.4. The first-order chi connectivity index (χ1) is 23.0. The minimum atomic E-state index is -4.62. The number of fused-ring (bicyclic) bond motifs is 1. The zero-order valence-corrected chi connectivity index (χ0v) is 27.1. The lowest BCUT2D eigenvalue weighted by atomic mass is 9.68. The van der Waals surface area contributed by atoms with Crippen molar-refractivity contribution in [1.29, 1.82) is 5.26 Å². The van der Waals surface area contributed by atoms with Crippen LogP contribution < -0.4 is 10.2 Å². The number of nitriles is 1. The molecule has 0 bridgehead atoms. The van der Waals surface area contributed by atoms with Crippen LogP contribution in [0.3, 0.4) is 0 Å². The number of carbonyl (C=O) groups is 1. The number of amides is 1. The van der Waals surface area contributed by atoms with E-state index in [0.29, 0.717) is 54.1 Å². The van der Waals surface area contributed by atoms with Gasteiger partial charge in [-0.2, -0.15) is 18.4 Å². The summed E-state index contributed by atoms with van der Waals surface area (Å²) in [5.74, 6) is 0.820. The molecule has 2 aromatic heterocycles. The molecule has 0 radical (unpaired) electrons. The number of halogens is 3. The summed E-state index contributed by atoms with van der Waals surface area (Å²) in [4.78, 5) is 22.3. The van der Waals surface area contributed by atoms with Crippen molar-refractivity contribution in [3.63, 3.8) is 0 Å². The van der Waals surface area contributed by atoms with E-state index in [-0.39, 0.29) is 23.5 Å². The van der Waals surface area contributed by atoms with Gasteiger partial charge in [0.25, 0.3) is 5.91 Å². The number of likely N-dealkylation sites (tertiary alicyclic amines) is 1. The van der Waals surface area contributed by atoms with Gasteiger partial charge in [-0.05, 0) is 91.1 Å². The fourth-order valence-corrected chi connectivity index (χ4v) is 7.41. The number of aromatic nitrogens is 4. The first-order valence-corrected chi connectivity index (χ1v) is 16.4. The number of nitrogens with zero attached hydrogens (tertiary/aromatic N) is 7. The largest absolute Gasteiger partial charge is 0.416 e. The number of alkyl halides is 3. The minimum Gasteiger partial charge on any atom is -0.370 e. The molecular weight excluding hydrogens is 617 g/mol. The summed E-state index contributed by atoms with van der Waals surface area (Å²) in [5.41, 5.74) is 3.42. The number of rotatable bonds is 9. The molecule has 0 atom stereocenters. The van der Waals surface area contributed by atoms with Gasteiger partial charge >= 0.3 is 6.18 Å². The Kier molecular flexibility index (Phi) is 8.19. The molecule has 1 saturated heterocycles. The summed E-state index contributed by atoms with van der Waals surface area (Å²) in [6, 6.07) is 14.5. The SMILES string of the molecule is Cc1ccc(-c2nncn2C)c(-c2cc(NCCCC#N)nc(N3Cc4c(cc(CN5CCC6(CCC6)C5)cc4C(F)(F)F)C3=O)c2)c1. The first-order valence-electron chi connectivity index (χ1n) is 16.4. The van der Waals surface area contributed by atoms with Gasteiger partial charge in [-0.3, -0.25) is 14.6 Å². The van der Waals surface area contributed by atoms with Crippen molar-refractivity contribution < 1.29 is 18.0 Å². The van der Waals surface area contributed by atoms with Crippen LogP contribution in [0.4, 0.5) is 24.8 Å². The molecule has 2 aromatic carbocycles. The Morgan fingerprint density at radius 1 is 1.06 bits per heavy atom. The zero-order chi connectivity index (χ0) is 33.6. The summed E-state index contributed by atoms with van der Waals surface area (Å²) in [7, 11) is 1.85. The Hall–Kier alpha value is -4.76. The zero-order valence-electron chi connectivity index (χ0n) is 27.1. The topological polar surface area (TPSA) is 103 Å². The normalized spacial score (nSPS) is 17.1. The van der Waals surface area contributed by atoms with E-state index in [0.717, 1.165) is 36.2 Å². The fourth-order valence-electron chi connectivity index (χ4n) is 7.41. The van der Waals surface area contributed by atoms with Gasteiger partial charge in [0.2, 0.25) is 0 Å². The van der Waals surface area contributed by atoms with Crippen molar-refractivity contribution in [2.24, 2.45) is 12.5 Å². The third kappa shape index (κ3) is 6.03. The van der Waals surface area contributed by atoms with E-state index in [1.54, 1.807) is 18.5 Å². The van der Waals surface area contributed by atoms with Crippen molar-refractivity contribution in [3.8, 4) is 28.6 Å². The van der Waals surface area contributed by atoms with Gasteiger partial charge in [0.15, 0.2) is 5.82 Å². The van der Waals surface area contributed by atoms with Gasteiger partial charge in [0.1, 0.15) is 18.0 Å². The number of hydrogen-bond donors (Lipinski definition) is 1. The van der Waals surface area contributed by atoms with Crippen LogP contribution in [0, 0.1) is 23.7 Å². The highest BCUT2D eigenvalue weighted by Crippen LogP contribution is 2.48. The Morgan fingerprint density at radius 2 is 1.90 bits per heavy atom. The monoisotopic (exact) mass is 654 g/mol. The van der Waals surface area contributed by atoms with E-state index in [1.165, 1.54) is 30.2 Å². The molecule has 4 heterocycles. The number of unbranched alkanes of at least 4 members (excludes halogenated alkanes) is 1. The van der Waals surface area contributed by atoms with E-state index in [4.69, 9.17) is 10.2 Å². The predicted octanol–water partition coefficient (Wildman–Crippen LogP) is 7.12. The van der Waals surface area contributed by atoms with E-state index in [2.05, 4.69) is 26.5 Å². The van der Waals surface area contributed by atoms with Gasteiger partial charge < -0.3 is 9.88 Å². The van der Waals surface area contributed by atoms with Crippen LogP contribution in [0.25, 0.3) is 22.5 Å². The summed E-state index contributed by atoms with van der Waals surface area (Å²) in [6.45, 7) is 4.31. The van der Waals surface area contributed by atoms with E-state index in [9.17, 15) is 18.0 Å². The minimum absolute atomic E-state index is 0.0285. The van der Waals surface area contributed by atoms with Crippen molar-refractivity contribution >= 4 is 17.5 Å². The molecule has 12 heteroatoms. The average Bonchev–Trinajstić information content (AvgIpc) is 3.76. The molecule has 1 saturated carbocycles. The molecule has 1 spiro atoms. The third-order valence-corrected chi connectivity index (χ3v) is 10.0. The Labute approximate surface area is 277 Å². The van der Waals surface area contributed by atoms with Crippen molar-refractivity contribution in [2.75, 3.05) is 29.9 Å². The second kappa shape index (κ2) is 12.4. The Balaban J connectivity index is 1.27. The molecule has 1 amide bonds. The highest BCUT2D eigenvalue weighted by molar-refractivity contribution is 6.10. The molecule has 1 N–H and O–H groups in total. The predicted molar refractivity (Wildman–Crippen MR) is 176 cm³/mol. The number of pyridine rings is 1. The molecule has 4 aromatic rings. The lowest BCUT2D eigenvalue weighted by molar-refractivity contribution is -0.138. The summed E-state index contributed by atoms with van der Waals surface area (Å²) in [6.07, 6.45) is 2.58. The van der Waals surface area contributed by atoms with Crippen molar-refractivity contribution in [2.45, 2.75) is 64.7 Å². The van der Waals surface area contributed by atoms with Gasteiger partial charge in [-0.25, -0.2) is 4.98 Å². The van der Waals surface area contributed by atoms with Gasteiger partial charge in [-0.15, -0.1) is 10.2 Å². The maximum atomic E-state index is 14.6. The Bertz CT molecular complexity index is 1920. The number of benzene rings is 2. The number of carbonyl (C=O) groups excluding carboxylic acids is 1. The summed E-state index contributed by atoms with van der Waals surface area (Å²) in [5, 5.41) is 20.6. The van der Waals surface area contributed by atoms with Crippen LogP contribution in [-0.2, 0) is 26.3 Å². The third-order valence-electron chi connectivity index (χ3n) is 10.0. The molecule has 7 rings (SSSR count). The van der Waals surface area contributed by atoms with Crippen LogP contribution in [0.15, 0.2) is 48.8 Å². The highest BCUT2D eigenvalue weighted by Gasteiger charge is 2.44. The number of hydrogen-bond acceptors (Lipinski definition) is 7. The van der Waals surface area contributed by atoms with Crippen LogP contribution >= 0.6 is 0 Å². The molecule has 1 aliphatic carbocycles. The summed E-state index contributed by atoms with van der Waals surface area (Å²) >= 11 is 0. The molecule has 248 valence electrons. The second-order valence-electron chi connectivity index (χ2n) is 13.5. The molecule has 3 aliphatic rings.